The van der Waals surface area contributed by atoms with E-state index in [1.807, 2.05) is 66.7 Å². The summed E-state index contributed by atoms with van der Waals surface area (Å²) in [6.45, 7) is 0. The van der Waals surface area contributed by atoms with Crippen LogP contribution in [0.15, 0.2) is 77.4 Å². The van der Waals surface area contributed by atoms with Gasteiger partial charge in [-0.3, -0.25) is 9.78 Å². The molecule has 0 saturated heterocycles. The normalized spacial score (nSPS) is 10.9. The van der Waals surface area contributed by atoms with Crippen molar-refractivity contribution < 1.29 is 4.79 Å². The molecule has 0 aliphatic carbocycles. The molecule has 0 unspecified atom stereocenters. The monoisotopic (exact) mass is 376 g/mol. The molecule has 0 saturated carbocycles. The molecule has 0 spiro atoms. The lowest BCUT2D eigenvalue weighted by Gasteiger charge is -2.04. The summed E-state index contributed by atoms with van der Waals surface area (Å²) in [4.78, 5) is 20.9. The number of pyridine rings is 1. The number of aromatic nitrogens is 2. The van der Waals surface area contributed by atoms with Crippen LogP contribution in [0.5, 0.6) is 0 Å². The number of carbonyl (C=O) groups is 1. The highest BCUT2D eigenvalue weighted by molar-refractivity contribution is 9.10. The van der Waals surface area contributed by atoms with E-state index in [-0.39, 0.29) is 5.78 Å². The second-order valence-corrected chi connectivity index (χ2v) is 6.39. The van der Waals surface area contributed by atoms with Crippen molar-refractivity contribution in [2.24, 2.45) is 0 Å². The van der Waals surface area contributed by atoms with E-state index < -0.39 is 0 Å². The number of benzene rings is 2. The van der Waals surface area contributed by atoms with Gasteiger partial charge in [0.1, 0.15) is 0 Å². The highest BCUT2D eigenvalue weighted by Crippen LogP contribution is 2.31. The number of hydrogen-bond acceptors (Lipinski definition) is 2. The zero-order chi connectivity index (χ0) is 16.5. The number of nitrogens with zero attached hydrogens (tertiary/aromatic N) is 1. The number of para-hydroxylation sites is 1. The molecular weight excluding hydrogens is 364 g/mol. The lowest BCUT2D eigenvalue weighted by atomic mass is 9.99. The van der Waals surface area contributed by atoms with Crippen LogP contribution in [-0.4, -0.2) is 15.8 Å². The van der Waals surface area contributed by atoms with Crippen LogP contribution in [0.4, 0.5) is 0 Å². The van der Waals surface area contributed by atoms with Crippen molar-refractivity contribution in [2.45, 2.75) is 0 Å². The van der Waals surface area contributed by atoms with E-state index in [0.717, 1.165) is 26.8 Å². The molecule has 4 rings (SSSR count). The van der Waals surface area contributed by atoms with Crippen molar-refractivity contribution >= 4 is 32.6 Å². The Labute approximate surface area is 147 Å². The largest absolute Gasteiger partial charge is 0.353 e. The number of carbonyl (C=O) groups excluding carboxylic acids is 1. The summed E-state index contributed by atoms with van der Waals surface area (Å²) >= 11 is 3.41. The number of ketones is 1. The van der Waals surface area contributed by atoms with Crippen molar-refractivity contribution in [1.82, 2.24) is 9.97 Å². The molecule has 4 aromatic rings. The first-order valence-electron chi connectivity index (χ1n) is 7.56. The molecule has 4 heteroatoms. The highest BCUT2D eigenvalue weighted by Gasteiger charge is 2.21. The second-order valence-electron chi connectivity index (χ2n) is 5.47. The maximum atomic E-state index is 13.2. The lowest BCUT2D eigenvalue weighted by molar-refractivity contribution is 0.104. The van der Waals surface area contributed by atoms with E-state index in [0.29, 0.717) is 11.1 Å². The SMILES string of the molecule is O=C(c1ccc(Br)cc1)c1c(-c2ccccn2)[nH]c2ccccc12. The van der Waals surface area contributed by atoms with Gasteiger partial charge in [0.15, 0.2) is 5.78 Å². The number of H-pyrrole nitrogens is 1. The van der Waals surface area contributed by atoms with Gasteiger partial charge in [-0.25, -0.2) is 0 Å². The van der Waals surface area contributed by atoms with Crippen LogP contribution in [0.25, 0.3) is 22.3 Å². The van der Waals surface area contributed by atoms with Gasteiger partial charge in [0.2, 0.25) is 0 Å². The van der Waals surface area contributed by atoms with Crippen LogP contribution in [0.2, 0.25) is 0 Å². The van der Waals surface area contributed by atoms with Crippen LogP contribution in [0.3, 0.4) is 0 Å². The molecule has 0 aliphatic rings. The molecule has 3 nitrogen and oxygen atoms in total. The minimum Gasteiger partial charge on any atom is -0.353 e. The number of hydrogen-bond donors (Lipinski definition) is 1. The summed E-state index contributed by atoms with van der Waals surface area (Å²) < 4.78 is 0.947. The molecule has 2 aromatic carbocycles. The van der Waals surface area contributed by atoms with Crippen molar-refractivity contribution in [3.63, 3.8) is 0 Å². The van der Waals surface area contributed by atoms with Crippen molar-refractivity contribution in [1.29, 1.82) is 0 Å². The Morgan fingerprint density at radius 3 is 2.42 bits per heavy atom. The van der Waals surface area contributed by atoms with Crippen LogP contribution in [-0.2, 0) is 0 Å². The number of rotatable bonds is 3. The Morgan fingerprint density at radius 1 is 0.917 bits per heavy atom. The third-order valence-electron chi connectivity index (χ3n) is 3.96. The van der Waals surface area contributed by atoms with Gasteiger partial charge in [-0.15, -0.1) is 0 Å². The van der Waals surface area contributed by atoms with Crippen LogP contribution in [0.1, 0.15) is 15.9 Å². The summed E-state index contributed by atoms with van der Waals surface area (Å²) in [5.74, 6) is -0.0133. The van der Waals surface area contributed by atoms with Gasteiger partial charge in [0.05, 0.1) is 17.0 Å². The first kappa shape index (κ1) is 14.8. The molecular formula is C20H13BrN2O. The van der Waals surface area contributed by atoms with Gasteiger partial charge in [0, 0.05) is 27.1 Å². The zero-order valence-corrected chi connectivity index (χ0v) is 14.2. The average Bonchev–Trinajstić information content (AvgIpc) is 3.02. The highest BCUT2D eigenvalue weighted by atomic mass is 79.9. The molecule has 0 aliphatic heterocycles. The van der Waals surface area contributed by atoms with E-state index in [1.165, 1.54) is 0 Å². The van der Waals surface area contributed by atoms with Gasteiger partial charge in [-0.2, -0.15) is 0 Å². The van der Waals surface area contributed by atoms with Crippen LogP contribution >= 0.6 is 15.9 Å². The smallest absolute Gasteiger partial charge is 0.195 e. The molecule has 2 aromatic heterocycles. The fourth-order valence-electron chi connectivity index (χ4n) is 2.83. The van der Waals surface area contributed by atoms with E-state index >= 15 is 0 Å². The van der Waals surface area contributed by atoms with Gasteiger partial charge >= 0.3 is 0 Å². The third kappa shape index (κ3) is 2.55. The maximum absolute atomic E-state index is 13.2. The minimum atomic E-state index is -0.0133. The Hall–Kier alpha value is -2.72. The summed E-state index contributed by atoms with van der Waals surface area (Å²) in [7, 11) is 0. The molecule has 2 heterocycles. The van der Waals surface area contributed by atoms with Gasteiger partial charge in [-0.05, 0) is 42.5 Å². The zero-order valence-electron chi connectivity index (χ0n) is 12.7. The molecule has 0 radical (unpaired) electrons. The third-order valence-corrected chi connectivity index (χ3v) is 4.49. The van der Waals surface area contributed by atoms with Crippen molar-refractivity contribution in [2.75, 3.05) is 0 Å². The Balaban J connectivity index is 1.96. The molecule has 0 fully saturated rings. The minimum absolute atomic E-state index is 0.0133. The summed E-state index contributed by atoms with van der Waals surface area (Å²) in [5, 5.41) is 0.908. The van der Waals surface area contributed by atoms with Crippen molar-refractivity contribution in [3.8, 4) is 11.4 Å². The van der Waals surface area contributed by atoms with E-state index in [1.54, 1.807) is 6.20 Å². The van der Waals surface area contributed by atoms with E-state index in [4.69, 9.17) is 0 Å². The molecule has 0 amide bonds. The number of nitrogens with one attached hydrogen (secondary N) is 1. The second kappa shape index (κ2) is 6.06. The molecule has 24 heavy (non-hydrogen) atoms. The average molecular weight is 377 g/mol. The van der Waals surface area contributed by atoms with Crippen LogP contribution in [0, 0.1) is 0 Å². The Bertz CT molecular complexity index is 1020. The molecule has 116 valence electrons. The predicted octanol–water partition coefficient (Wildman–Crippen LogP) is 5.22. The topological polar surface area (TPSA) is 45.8 Å². The standard InChI is InChI=1S/C20H13BrN2O/c21-14-10-8-13(9-11-14)20(24)18-15-5-1-2-6-16(15)23-19(18)17-7-3-4-12-22-17/h1-12,23H. The number of aromatic amines is 1. The van der Waals surface area contributed by atoms with E-state index in [9.17, 15) is 4.79 Å². The van der Waals surface area contributed by atoms with Crippen molar-refractivity contribution in [3.05, 3.63) is 88.5 Å². The predicted molar refractivity (Wildman–Crippen MR) is 99.1 cm³/mol. The number of fused-ring (bicyclic) bond motifs is 1. The quantitative estimate of drug-likeness (QED) is 0.498. The Kier molecular flexibility index (Phi) is 3.75. The first-order chi connectivity index (χ1) is 11.7. The van der Waals surface area contributed by atoms with E-state index in [2.05, 4.69) is 25.9 Å². The fraction of sp³-hybridized carbons (Fsp3) is 0. The summed E-state index contributed by atoms with van der Waals surface area (Å²) in [5.41, 5.74) is 3.75. The lowest BCUT2D eigenvalue weighted by Crippen LogP contribution is -2.03. The first-order valence-corrected chi connectivity index (χ1v) is 8.36. The fourth-order valence-corrected chi connectivity index (χ4v) is 3.09. The summed E-state index contributed by atoms with van der Waals surface area (Å²) in [6, 6.07) is 20.9. The van der Waals surface area contributed by atoms with Gasteiger partial charge in [-0.1, -0.05) is 40.2 Å². The number of halogens is 1. The molecule has 0 bridgehead atoms. The van der Waals surface area contributed by atoms with Crippen LogP contribution < -0.4 is 0 Å². The summed E-state index contributed by atoms with van der Waals surface area (Å²) in [6.07, 6.45) is 1.73. The Morgan fingerprint density at radius 2 is 1.67 bits per heavy atom. The molecule has 0 atom stereocenters. The van der Waals surface area contributed by atoms with Gasteiger partial charge < -0.3 is 4.98 Å². The van der Waals surface area contributed by atoms with Gasteiger partial charge in [0.25, 0.3) is 0 Å². The maximum Gasteiger partial charge on any atom is 0.195 e. The molecule has 1 N–H and O–H groups in total.